The second kappa shape index (κ2) is 7.38. The Kier molecular flexibility index (Phi) is 6.07. The summed E-state index contributed by atoms with van der Waals surface area (Å²) in [7, 11) is 0. The van der Waals surface area contributed by atoms with Crippen LogP contribution in [0.5, 0.6) is 0 Å². The van der Waals surface area contributed by atoms with Gasteiger partial charge in [-0.15, -0.1) is 17.7 Å². The van der Waals surface area contributed by atoms with E-state index in [0.29, 0.717) is 6.04 Å². The molecule has 0 atom stereocenters. The van der Waals surface area contributed by atoms with Crippen molar-refractivity contribution in [1.82, 2.24) is 5.32 Å². The molecule has 0 aliphatic rings. The summed E-state index contributed by atoms with van der Waals surface area (Å²) in [6.45, 7) is 7.14. The summed E-state index contributed by atoms with van der Waals surface area (Å²) in [5.41, 5.74) is 1.33. The quantitative estimate of drug-likeness (QED) is 0.618. The Labute approximate surface area is 103 Å². The molecule has 0 saturated heterocycles. The zero-order valence-electron chi connectivity index (χ0n) is 10.2. The number of nitrogens with one attached hydrogen (secondary N) is 1. The normalized spacial score (nSPS) is 10.0. The lowest BCUT2D eigenvalue weighted by Gasteiger charge is -2.08. The highest BCUT2D eigenvalue weighted by molar-refractivity contribution is 7.99. The largest absolute Gasteiger partial charge is 0.310 e. The van der Waals surface area contributed by atoms with Crippen molar-refractivity contribution in [3.05, 3.63) is 29.8 Å². The highest BCUT2D eigenvalue weighted by Crippen LogP contribution is 2.17. The summed E-state index contributed by atoms with van der Waals surface area (Å²) in [5, 5.41) is 3.40. The molecule has 0 unspecified atom stereocenters. The lowest BCUT2D eigenvalue weighted by atomic mass is 10.2. The molecule has 16 heavy (non-hydrogen) atoms. The van der Waals surface area contributed by atoms with E-state index in [-0.39, 0.29) is 0 Å². The first-order valence-electron chi connectivity index (χ1n) is 5.57. The van der Waals surface area contributed by atoms with E-state index in [9.17, 15) is 0 Å². The maximum Gasteiger partial charge on any atom is 0.0594 e. The second-order valence-corrected chi connectivity index (χ2v) is 4.94. The first-order chi connectivity index (χ1) is 7.72. The van der Waals surface area contributed by atoms with Gasteiger partial charge in [-0.05, 0) is 24.6 Å². The van der Waals surface area contributed by atoms with Crippen molar-refractivity contribution in [3.63, 3.8) is 0 Å². The van der Waals surface area contributed by atoms with Gasteiger partial charge in [-0.3, -0.25) is 0 Å². The van der Waals surface area contributed by atoms with Crippen molar-refractivity contribution in [2.24, 2.45) is 0 Å². The van der Waals surface area contributed by atoms with Crippen LogP contribution in [0.4, 0.5) is 0 Å². The molecule has 0 heterocycles. The van der Waals surface area contributed by atoms with E-state index in [1.807, 2.05) is 6.92 Å². The number of thioether (sulfide) groups is 1. The molecule has 1 nitrogen and oxygen atoms in total. The van der Waals surface area contributed by atoms with E-state index in [0.717, 1.165) is 12.3 Å². The predicted molar refractivity (Wildman–Crippen MR) is 72.6 cm³/mol. The van der Waals surface area contributed by atoms with E-state index < -0.39 is 0 Å². The Morgan fingerprint density at radius 3 is 2.50 bits per heavy atom. The average molecular weight is 233 g/mol. The smallest absolute Gasteiger partial charge is 0.0594 e. The average Bonchev–Trinajstić information content (AvgIpc) is 2.28. The van der Waals surface area contributed by atoms with E-state index in [4.69, 9.17) is 0 Å². The molecule has 2 heteroatoms. The van der Waals surface area contributed by atoms with E-state index in [2.05, 4.69) is 55.3 Å². The van der Waals surface area contributed by atoms with Crippen LogP contribution in [0.3, 0.4) is 0 Å². The van der Waals surface area contributed by atoms with Crippen LogP contribution in [0.1, 0.15) is 26.3 Å². The van der Waals surface area contributed by atoms with E-state index in [1.54, 1.807) is 11.8 Å². The first kappa shape index (κ1) is 13.2. The fraction of sp³-hybridized carbons (Fsp3) is 0.429. The number of hydrogen-bond donors (Lipinski definition) is 1. The maximum atomic E-state index is 3.40. The topological polar surface area (TPSA) is 12.0 Å². The summed E-state index contributed by atoms with van der Waals surface area (Å²) < 4.78 is 0. The Hall–Kier alpha value is -0.910. The minimum atomic E-state index is 0.536. The first-order valence-corrected chi connectivity index (χ1v) is 6.55. The Bertz CT molecular complexity index is 357. The van der Waals surface area contributed by atoms with Crippen LogP contribution in [0.15, 0.2) is 29.2 Å². The van der Waals surface area contributed by atoms with Crippen LogP contribution in [0.25, 0.3) is 0 Å². The summed E-state index contributed by atoms with van der Waals surface area (Å²) in [6.07, 6.45) is 0. The standard InChI is InChI=1S/C14H19NS/c1-4-5-10-16-14-8-6-13(7-9-14)11-15-12(2)3/h6-9,12,15H,10-11H2,1-3H3. The third-order valence-corrected chi connectivity index (χ3v) is 3.02. The van der Waals surface area contributed by atoms with Crippen molar-refractivity contribution >= 4 is 11.8 Å². The molecule has 0 aromatic heterocycles. The van der Waals surface area contributed by atoms with Crippen molar-refractivity contribution in [2.75, 3.05) is 5.75 Å². The predicted octanol–water partition coefficient (Wildman–Crippen LogP) is 3.30. The Balaban J connectivity index is 2.43. The van der Waals surface area contributed by atoms with Gasteiger partial charge in [0.25, 0.3) is 0 Å². The molecular weight excluding hydrogens is 214 g/mol. The Morgan fingerprint density at radius 2 is 1.94 bits per heavy atom. The van der Waals surface area contributed by atoms with E-state index in [1.165, 1.54) is 10.5 Å². The fourth-order valence-electron chi connectivity index (χ4n) is 1.22. The van der Waals surface area contributed by atoms with Crippen LogP contribution >= 0.6 is 11.8 Å². The summed E-state index contributed by atoms with van der Waals surface area (Å²) in [5.74, 6) is 6.83. The summed E-state index contributed by atoms with van der Waals surface area (Å²) >= 11 is 1.78. The lowest BCUT2D eigenvalue weighted by Crippen LogP contribution is -2.21. The molecule has 0 radical (unpaired) electrons. The second-order valence-electron chi connectivity index (χ2n) is 3.90. The van der Waals surface area contributed by atoms with Gasteiger partial charge in [0.1, 0.15) is 0 Å². The molecule has 0 bridgehead atoms. The molecule has 0 spiro atoms. The third kappa shape index (κ3) is 5.25. The molecule has 0 aliphatic carbocycles. The van der Waals surface area contributed by atoms with Crippen LogP contribution in [-0.4, -0.2) is 11.8 Å². The minimum Gasteiger partial charge on any atom is -0.310 e. The van der Waals surface area contributed by atoms with Crippen molar-refractivity contribution in [2.45, 2.75) is 38.3 Å². The van der Waals surface area contributed by atoms with Gasteiger partial charge in [-0.2, -0.15) is 0 Å². The number of hydrogen-bond acceptors (Lipinski definition) is 2. The molecule has 0 fully saturated rings. The van der Waals surface area contributed by atoms with Gasteiger partial charge in [-0.25, -0.2) is 0 Å². The molecule has 0 aliphatic heterocycles. The molecule has 1 rings (SSSR count). The number of benzene rings is 1. The molecule has 0 saturated carbocycles. The minimum absolute atomic E-state index is 0.536. The summed E-state index contributed by atoms with van der Waals surface area (Å²) in [6, 6.07) is 9.22. The lowest BCUT2D eigenvalue weighted by molar-refractivity contribution is 0.588. The highest BCUT2D eigenvalue weighted by atomic mass is 32.2. The van der Waals surface area contributed by atoms with Crippen molar-refractivity contribution in [3.8, 4) is 11.8 Å². The van der Waals surface area contributed by atoms with Crippen molar-refractivity contribution < 1.29 is 0 Å². The van der Waals surface area contributed by atoms with Gasteiger partial charge in [0.15, 0.2) is 0 Å². The zero-order valence-corrected chi connectivity index (χ0v) is 11.0. The van der Waals surface area contributed by atoms with Gasteiger partial charge in [0.2, 0.25) is 0 Å². The monoisotopic (exact) mass is 233 g/mol. The van der Waals surface area contributed by atoms with E-state index >= 15 is 0 Å². The molecule has 1 N–H and O–H groups in total. The van der Waals surface area contributed by atoms with Crippen LogP contribution in [-0.2, 0) is 6.54 Å². The van der Waals surface area contributed by atoms with Gasteiger partial charge < -0.3 is 5.32 Å². The van der Waals surface area contributed by atoms with Gasteiger partial charge in [0, 0.05) is 17.5 Å². The van der Waals surface area contributed by atoms with Crippen LogP contribution in [0, 0.1) is 11.8 Å². The molecule has 0 amide bonds. The fourth-order valence-corrected chi connectivity index (χ4v) is 1.93. The zero-order chi connectivity index (χ0) is 11.8. The van der Waals surface area contributed by atoms with Crippen molar-refractivity contribution in [1.29, 1.82) is 0 Å². The van der Waals surface area contributed by atoms with Gasteiger partial charge in [-0.1, -0.05) is 31.9 Å². The maximum absolute atomic E-state index is 3.40. The van der Waals surface area contributed by atoms with Gasteiger partial charge in [0.05, 0.1) is 5.75 Å². The molecule has 1 aromatic carbocycles. The SMILES string of the molecule is CC#CCSc1ccc(CNC(C)C)cc1. The van der Waals surface area contributed by atoms with Crippen LogP contribution in [0.2, 0.25) is 0 Å². The van der Waals surface area contributed by atoms with Crippen LogP contribution < -0.4 is 5.32 Å². The summed E-state index contributed by atoms with van der Waals surface area (Å²) in [4.78, 5) is 1.29. The van der Waals surface area contributed by atoms with Gasteiger partial charge >= 0.3 is 0 Å². The highest BCUT2D eigenvalue weighted by Gasteiger charge is 1.96. The molecule has 1 aromatic rings. The Morgan fingerprint density at radius 1 is 1.25 bits per heavy atom. The third-order valence-electron chi connectivity index (χ3n) is 2.13. The number of rotatable bonds is 5. The molecular formula is C14H19NS. The molecule has 86 valence electrons.